The molecule has 0 atom stereocenters. The number of benzene rings is 1. The van der Waals surface area contributed by atoms with Crippen molar-refractivity contribution >= 4 is 21.7 Å². The lowest BCUT2D eigenvalue weighted by Crippen LogP contribution is -2.33. The Balaban J connectivity index is 1.74. The molecule has 1 heterocycles. The van der Waals surface area contributed by atoms with Gasteiger partial charge in [0.25, 0.3) is 0 Å². The van der Waals surface area contributed by atoms with Gasteiger partial charge in [0.15, 0.2) is 0 Å². The zero-order chi connectivity index (χ0) is 13.7. The van der Waals surface area contributed by atoms with Crippen LogP contribution in [-0.2, 0) is 11.3 Å². The van der Waals surface area contributed by atoms with Crippen molar-refractivity contribution in [1.29, 1.82) is 0 Å². The van der Waals surface area contributed by atoms with E-state index in [0.717, 1.165) is 29.8 Å². The van der Waals surface area contributed by atoms with E-state index >= 15 is 0 Å². The minimum absolute atomic E-state index is 0.331. The van der Waals surface area contributed by atoms with E-state index in [-0.39, 0.29) is 0 Å². The molecule has 0 amide bonds. The van der Waals surface area contributed by atoms with Crippen LogP contribution in [0, 0.1) is 5.92 Å². The summed E-state index contributed by atoms with van der Waals surface area (Å²) in [5.74, 6) is 1.09. The molecular formula is C16H22BrNO. The van der Waals surface area contributed by atoms with Crippen molar-refractivity contribution in [2.75, 3.05) is 13.1 Å². The van der Waals surface area contributed by atoms with E-state index in [1.54, 1.807) is 6.92 Å². The molecule has 0 saturated carbocycles. The third-order valence-corrected chi connectivity index (χ3v) is 4.46. The van der Waals surface area contributed by atoms with Crippen LogP contribution >= 0.6 is 15.9 Å². The first-order valence-electron chi connectivity index (χ1n) is 7.10. The largest absolute Gasteiger partial charge is 0.300 e. The quantitative estimate of drug-likeness (QED) is 0.815. The van der Waals surface area contributed by atoms with Gasteiger partial charge in [0.05, 0.1) is 0 Å². The van der Waals surface area contributed by atoms with Crippen LogP contribution < -0.4 is 0 Å². The number of carbonyl (C=O) groups is 1. The Morgan fingerprint density at radius 2 is 1.89 bits per heavy atom. The van der Waals surface area contributed by atoms with Gasteiger partial charge in [-0.1, -0.05) is 28.1 Å². The molecule has 0 N–H and O–H groups in total. The maximum atomic E-state index is 11.0. The molecule has 1 aliphatic rings. The first kappa shape index (κ1) is 14.7. The summed E-state index contributed by atoms with van der Waals surface area (Å²) in [6.45, 7) is 5.08. The molecule has 0 aliphatic carbocycles. The second-order valence-corrected chi connectivity index (χ2v) is 6.50. The Hall–Kier alpha value is -0.670. The van der Waals surface area contributed by atoms with E-state index in [9.17, 15) is 4.79 Å². The number of carbonyl (C=O) groups excluding carboxylic acids is 1. The van der Waals surface area contributed by atoms with Crippen molar-refractivity contribution in [2.45, 2.75) is 39.2 Å². The van der Waals surface area contributed by atoms with E-state index in [0.29, 0.717) is 5.78 Å². The highest BCUT2D eigenvalue weighted by atomic mass is 79.9. The number of nitrogens with zero attached hydrogens (tertiary/aromatic N) is 1. The third-order valence-electron chi connectivity index (χ3n) is 3.93. The zero-order valence-electron chi connectivity index (χ0n) is 11.6. The Morgan fingerprint density at radius 1 is 1.26 bits per heavy atom. The van der Waals surface area contributed by atoms with Crippen LogP contribution in [0.4, 0.5) is 0 Å². The molecule has 2 rings (SSSR count). The molecule has 0 spiro atoms. The number of halogens is 1. The smallest absolute Gasteiger partial charge is 0.129 e. The van der Waals surface area contributed by atoms with E-state index in [4.69, 9.17) is 0 Å². The average molecular weight is 324 g/mol. The van der Waals surface area contributed by atoms with Crippen molar-refractivity contribution in [3.05, 3.63) is 34.3 Å². The Labute approximate surface area is 124 Å². The summed E-state index contributed by atoms with van der Waals surface area (Å²) in [5, 5.41) is 0. The van der Waals surface area contributed by atoms with Gasteiger partial charge in [-0.2, -0.15) is 0 Å². The van der Waals surface area contributed by atoms with E-state index in [1.807, 2.05) is 0 Å². The molecule has 1 aromatic rings. The van der Waals surface area contributed by atoms with Gasteiger partial charge < -0.3 is 4.79 Å². The fourth-order valence-electron chi connectivity index (χ4n) is 2.69. The number of hydrogen-bond acceptors (Lipinski definition) is 2. The van der Waals surface area contributed by atoms with Crippen molar-refractivity contribution in [3.8, 4) is 0 Å². The highest BCUT2D eigenvalue weighted by molar-refractivity contribution is 9.10. The van der Waals surface area contributed by atoms with Gasteiger partial charge in [-0.3, -0.25) is 4.90 Å². The van der Waals surface area contributed by atoms with Crippen LogP contribution in [0.25, 0.3) is 0 Å². The third kappa shape index (κ3) is 5.07. The summed E-state index contributed by atoms with van der Waals surface area (Å²) in [6, 6.07) is 8.59. The van der Waals surface area contributed by atoms with Gasteiger partial charge in [-0.25, -0.2) is 0 Å². The lowest BCUT2D eigenvalue weighted by atomic mass is 9.91. The summed E-state index contributed by atoms with van der Waals surface area (Å²) in [7, 11) is 0. The predicted molar refractivity (Wildman–Crippen MR) is 82.1 cm³/mol. The van der Waals surface area contributed by atoms with Crippen LogP contribution in [0.1, 0.15) is 38.2 Å². The van der Waals surface area contributed by atoms with Gasteiger partial charge in [0, 0.05) is 17.4 Å². The topological polar surface area (TPSA) is 20.3 Å². The number of piperidine rings is 1. The SMILES string of the molecule is CC(=O)CCC1CCN(Cc2ccc(Br)cc2)CC1. The highest BCUT2D eigenvalue weighted by Gasteiger charge is 2.19. The van der Waals surface area contributed by atoms with Crippen LogP contribution in [0.2, 0.25) is 0 Å². The number of Topliss-reactive ketones (excluding diaryl/α,β-unsaturated/α-hetero) is 1. The second-order valence-electron chi connectivity index (χ2n) is 5.59. The molecule has 1 aliphatic heterocycles. The van der Waals surface area contributed by atoms with Crippen LogP contribution in [0.15, 0.2) is 28.7 Å². The van der Waals surface area contributed by atoms with Gasteiger partial charge in [-0.05, 0) is 62.9 Å². The van der Waals surface area contributed by atoms with Gasteiger partial charge in [0.1, 0.15) is 5.78 Å². The second kappa shape index (κ2) is 7.20. The number of hydrogen-bond donors (Lipinski definition) is 0. The van der Waals surface area contributed by atoms with Crippen LogP contribution in [-0.4, -0.2) is 23.8 Å². The number of ketones is 1. The molecule has 0 radical (unpaired) electrons. The standard InChI is InChI=1S/C16H22BrNO/c1-13(19)2-3-14-8-10-18(11-9-14)12-15-4-6-16(17)7-5-15/h4-7,14H,2-3,8-12H2,1H3. The molecule has 0 aromatic heterocycles. The van der Waals surface area contributed by atoms with Crippen molar-refractivity contribution < 1.29 is 4.79 Å². The van der Waals surface area contributed by atoms with Gasteiger partial charge >= 0.3 is 0 Å². The average Bonchev–Trinajstić information content (AvgIpc) is 2.40. The fraction of sp³-hybridized carbons (Fsp3) is 0.562. The first-order chi connectivity index (χ1) is 9.13. The molecular weight excluding hydrogens is 302 g/mol. The molecule has 1 saturated heterocycles. The summed E-state index contributed by atoms with van der Waals surface area (Å²) in [4.78, 5) is 13.5. The highest BCUT2D eigenvalue weighted by Crippen LogP contribution is 2.23. The summed E-state index contributed by atoms with van der Waals surface area (Å²) in [5.41, 5.74) is 1.38. The lowest BCUT2D eigenvalue weighted by Gasteiger charge is -2.31. The molecule has 0 unspecified atom stereocenters. The molecule has 19 heavy (non-hydrogen) atoms. The lowest BCUT2D eigenvalue weighted by molar-refractivity contribution is -0.117. The Bertz CT molecular complexity index is 407. The normalized spacial score (nSPS) is 17.6. The molecule has 0 bridgehead atoms. The minimum Gasteiger partial charge on any atom is -0.300 e. The van der Waals surface area contributed by atoms with Gasteiger partial charge in [0.2, 0.25) is 0 Å². The summed E-state index contributed by atoms with van der Waals surface area (Å²) < 4.78 is 1.14. The minimum atomic E-state index is 0.331. The monoisotopic (exact) mass is 323 g/mol. The maximum Gasteiger partial charge on any atom is 0.129 e. The molecule has 3 heteroatoms. The van der Waals surface area contributed by atoms with E-state index in [2.05, 4.69) is 45.1 Å². The van der Waals surface area contributed by atoms with Crippen LogP contribution in [0.5, 0.6) is 0 Å². The zero-order valence-corrected chi connectivity index (χ0v) is 13.2. The summed E-state index contributed by atoms with van der Waals surface area (Å²) >= 11 is 3.47. The molecule has 2 nitrogen and oxygen atoms in total. The number of rotatable bonds is 5. The van der Waals surface area contributed by atoms with Gasteiger partial charge in [-0.15, -0.1) is 0 Å². The summed E-state index contributed by atoms with van der Waals surface area (Å²) in [6.07, 6.45) is 4.33. The van der Waals surface area contributed by atoms with E-state index < -0.39 is 0 Å². The fourth-order valence-corrected chi connectivity index (χ4v) is 2.95. The van der Waals surface area contributed by atoms with Crippen molar-refractivity contribution in [2.24, 2.45) is 5.92 Å². The molecule has 1 aromatic carbocycles. The van der Waals surface area contributed by atoms with Crippen molar-refractivity contribution in [1.82, 2.24) is 4.90 Å². The molecule has 104 valence electrons. The van der Waals surface area contributed by atoms with E-state index in [1.165, 1.54) is 31.5 Å². The number of likely N-dealkylation sites (tertiary alicyclic amines) is 1. The first-order valence-corrected chi connectivity index (χ1v) is 7.89. The van der Waals surface area contributed by atoms with Crippen LogP contribution in [0.3, 0.4) is 0 Å². The molecule has 1 fully saturated rings. The maximum absolute atomic E-state index is 11.0. The predicted octanol–water partition coefficient (Wildman–Crippen LogP) is 4.03. The van der Waals surface area contributed by atoms with Crippen molar-refractivity contribution in [3.63, 3.8) is 0 Å². The Kier molecular flexibility index (Phi) is 5.59. The Morgan fingerprint density at radius 3 is 2.47 bits per heavy atom.